The van der Waals surface area contributed by atoms with Crippen LogP contribution < -0.4 is 5.32 Å². The number of aliphatic hydroxyl groups is 5. The van der Waals surface area contributed by atoms with Crippen LogP contribution in [0.5, 0.6) is 0 Å². The fraction of sp³-hybridized carbons (Fsp3) is 0.906. The quantitative estimate of drug-likeness (QED) is 0.0122. The van der Waals surface area contributed by atoms with Gasteiger partial charge in [-0.25, -0.2) is 4.57 Å². The number of fused-ring (bicyclic) bond motifs is 1. The average molecular weight is 1240 g/mol. The zero-order valence-corrected chi connectivity index (χ0v) is 54.5. The van der Waals surface area contributed by atoms with Crippen molar-refractivity contribution in [3.63, 3.8) is 0 Å². The second-order valence-corrected chi connectivity index (χ2v) is 25.9. The molecule has 1 fully saturated rings. The van der Waals surface area contributed by atoms with Gasteiger partial charge in [-0.2, -0.15) is 0 Å². The lowest BCUT2D eigenvalue weighted by Crippen LogP contribution is -2.80. The number of carbonyl (C=O) groups excluding carboxylic acids is 4. The molecule has 0 aromatic heterocycles. The Morgan fingerprint density at radius 3 is 1.51 bits per heavy atom. The van der Waals surface area contributed by atoms with Gasteiger partial charge < -0.3 is 59.4 Å². The number of carbonyl (C=O) groups is 4. The van der Waals surface area contributed by atoms with Crippen LogP contribution >= 0.6 is 17.3 Å². The van der Waals surface area contributed by atoms with E-state index in [4.69, 9.17) is 23.3 Å². The molecule has 1 amide bonds. The minimum Gasteiger partial charge on any atom is -0.462 e. The van der Waals surface area contributed by atoms with E-state index in [1.54, 1.807) is 6.08 Å². The molecule has 84 heavy (non-hydrogen) atoms. The molecule has 12 atom stereocenters. The number of ketones is 1. The van der Waals surface area contributed by atoms with Crippen molar-refractivity contribution >= 4 is 40.9 Å². The van der Waals surface area contributed by atoms with Gasteiger partial charge >= 0.3 is 19.8 Å². The summed E-state index contributed by atoms with van der Waals surface area (Å²) in [6.07, 6.45) is 26.6. The Balaban J connectivity index is 2.33. The van der Waals surface area contributed by atoms with Gasteiger partial charge in [-0.15, -0.1) is 0 Å². The van der Waals surface area contributed by atoms with Crippen LogP contribution in [0.1, 0.15) is 285 Å². The van der Waals surface area contributed by atoms with Crippen molar-refractivity contribution in [3.8, 4) is 0 Å². The predicted molar refractivity (Wildman–Crippen MR) is 331 cm³/mol. The molecule has 0 spiro atoms. The van der Waals surface area contributed by atoms with Gasteiger partial charge in [0.2, 0.25) is 5.91 Å². The van der Waals surface area contributed by atoms with Crippen molar-refractivity contribution in [1.29, 1.82) is 0 Å². The molecule has 0 bridgehead atoms. The number of hydrogen-bond donors (Lipinski definition) is 8. The molecule has 492 valence electrons. The Morgan fingerprint density at radius 1 is 0.595 bits per heavy atom. The van der Waals surface area contributed by atoms with Gasteiger partial charge in [0.25, 0.3) is 0 Å². The fourth-order valence-electron chi connectivity index (χ4n) is 12.2. The minimum absolute atomic E-state index is 0.119. The molecule has 2 rings (SSSR count). The van der Waals surface area contributed by atoms with Crippen LogP contribution in [0.3, 0.4) is 0 Å². The van der Waals surface area contributed by atoms with E-state index in [9.17, 15) is 59.1 Å². The van der Waals surface area contributed by atoms with E-state index in [1.807, 2.05) is 9.47 Å². The normalized spacial score (nSPS) is 20.1. The Hall–Kier alpha value is -1.92. The lowest BCUT2D eigenvalue weighted by Gasteiger charge is -2.66. The number of phosphoric acid groups is 1. The summed E-state index contributed by atoms with van der Waals surface area (Å²) in [6.45, 7) is 7.44. The molecule has 0 aromatic carbocycles. The van der Waals surface area contributed by atoms with E-state index in [1.165, 1.54) is 70.6 Å². The first kappa shape index (κ1) is 78.2. The van der Waals surface area contributed by atoms with E-state index in [0.717, 1.165) is 122 Å². The maximum absolute atomic E-state index is 14.0. The van der Waals surface area contributed by atoms with Crippen LogP contribution in [0.4, 0.5) is 0 Å². The maximum atomic E-state index is 14.0. The molecule has 2 aliphatic carbocycles. The number of aliphatic hydroxyl groups excluding tert-OH is 5. The summed E-state index contributed by atoms with van der Waals surface area (Å²) in [5.41, 5.74) is -1.90. The number of ether oxygens (including phenoxy) is 3. The molecule has 0 saturated heterocycles. The van der Waals surface area contributed by atoms with Gasteiger partial charge in [0.15, 0.2) is 12.1 Å². The number of phosphoric ester groups is 1. The number of allylic oxidation sites excluding steroid dienone is 1. The Morgan fingerprint density at radius 2 is 1.05 bits per heavy atom. The van der Waals surface area contributed by atoms with Gasteiger partial charge in [0.1, 0.15) is 30.0 Å². The number of nitrogens with one attached hydrogen (secondary N) is 1. The van der Waals surface area contributed by atoms with Gasteiger partial charge in [0.05, 0.1) is 44.9 Å². The first-order valence-corrected chi connectivity index (χ1v) is 35.4. The summed E-state index contributed by atoms with van der Waals surface area (Å²) in [5.74, 6) is -4.87. The number of amides is 1. The third kappa shape index (κ3) is 32.0. The molecule has 18 nitrogen and oxygen atoms in total. The van der Waals surface area contributed by atoms with Gasteiger partial charge in [-0.1, -0.05) is 226 Å². The van der Waals surface area contributed by atoms with Crippen LogP contribution in [-0.4, -0.2) is 127 Å². The Kier molecular flexibility index (Phi) is 43.8. The largest absolute Gasteiger partial charge is 0.472 e. The maximum Gasteiger partial charge on any atom is 0.472 e. The van der Waals surface area contributed by atoms with Crippen LogP contribution in [0.2, 0.25) is 0 Å². The molecular formula is C64H119NO17P2. The van der Waals surface area contributed by atoms with E-state index >= 15 is 0 Å². The third-order valence-electron chi connectivity index (χ3n) is 17.2. The fourth-order valence-corrected chi connectivity index (χ4v) is 13.0. The number of Topliss-reactive ketones (excluding diaryl/α,β-unsaturated/α-hetero) is 1. The molecule has 0 heterocycles. The van der Waals surface area contributed by atoms with E-state index in [0.29, 0.717) is 32.1 Å². The lowest BCUT2D eigenvalue weighted by atomic mass is 9.42. The summed E-state index contributed by atoms with van der Waals surface area (Å²) in [7, 11) is -3.43. The van der Waals surface area contributed by atoms with E-state index < -0.39 is 105 Å². The summed E-state index contributed by atoms with van der Waals surface area (Å²) >= 11 is 0. The second kappa shape index (κ2) is 47.1. The highest BCUT2D eigenvalue weighted by Crippen LogP contribution is 2.63. The van der Waals surface area contributed by atoms with Crippen molar-refractivity contribution in [2.75, 3.05) is 19.8 Å². The first-order chi connectivity index (χ1) is 40.4. The number of rotatable bonds is 58. The molecular weight excluding hydrogens is 1120 g/mol. The molecule has 8 N–H and O–H groups in total. The summed E-state index contributed by atoms with van der Waals surface area (Å²) < 4.78 is 41.0. The summed E-state index contributed by atoms with van der Waals surface area (Å²) in [6, 6.07) is 0. The lowest BCUT2D eigenvalue weighted by molar-refractivity contribution is -0.216. The van der Waals surface area contributed by atoms with E-state index in [2.05, 4.69) is 33.0 Å². The second-order valence-electron chi connectivity index (χ2n) is 24.4. The topological polar surface area (TPSA) is 285 Å². The van der Waals surface area contributed by atoms with Crippen LogP contribution in [0.25, 0.3) is 0 Å². The van der Waals surface area contributed by atoms with Crippen molar-refractivity contribution < 1.29 is 82.3 Å². The number of unbranched alkanes of at least 4 members (excludes halogenated alkanes) is 28. The molecule has 2 aliphatic rings. The zero-order chi connectivity index (χ0) is 62.0. The van der Waals surface area contributed by atoms with Crippen molar-refractivity contribution in [3.05, 3.63) is 11.6 Å². The van der Waals surface area contributed by atoms with Gasteiger partial charge in [-0.3, -0.25) is 23.7 Å². The number of hydrogen-bond acceptors (Lipinski definition) is 15. The molecule has 0 radical (unpaired) electrons. The van der Waals surface area contributed by atoms with Gasteiger partial charge in [0, 0.05) is 40.6 Å². The molecule has 1 saturated carbocycles. The van der Waals surface area contributed by atoms with Crippen LogP contribution in [-0.2, 0) is 47.0 Å². The Labute approximate surface area is 508 Å². The van der Waals surface area contributed by atoms with Gasteiger partial charge in [-0.05, 0) is 43.6 Å². The molecule has 0 aromatic rings. The van der Waals surface area contributed by atoms with Crippen LogP contribution in [0, 0.1) is 17.8 Å². The predicted octanol–water partition coefficient (Wildman–Crippen LogP) is 12.4. The Bertz CT molecular complexity index is 1820. The third-order valence-corrected chi connectivity index (χ3v) is 17.9. The highest BCUT2D eigenvalue weighted by Gasteiger charge is 2.71. The molecule has 0 aliphatic heterocycles. The summed E-state index contributed by atoms with van der Waals surface area (Å²) in [4.78, 5) is 75.2. The van der Waals surface area contributed by atoms with Crippen LogP contribution in [0.15, 0.2) is 11.6 Å². The summed E-state index contributed by atoms with van der Waals surface area (Å²) in [5, 5.41) is 57.5. The average Bonchev–Trinajstić information content (AvgIpc) is 1.01. The smallest absolute Gasteiger partial charge is 0.462 e. The SMILES string of the molecule is CCCCCCCCCCCC(=O)OC(CCCCCCCCC)CC(=O)O[C@H](CCOCC1[C@H]2C=C(C(=O)CC(O)CCCCCCCCC)C2[C@]1(NC(=O)CC(O)CCCCCCCCCCC)[C@H](O)OP(=O)(O)O)[C@H](OP)C(O)CO. The zero-order valence-electron chi connectivity index (χ0n) is 52.5. The highest BCUT2D eigenvalue weighted by molar-refractivity contribution is 7.46. The molecule has 7 unspecified atom stereocenters. The van der Waals surface area contributed by atoms with Crippen molar-refractivity contribution in [2.24, 2.45) is 17.8 Å². The highest BCUT2D eigenvalue weighted by atomic mass is 31.2. The van der Waals surface area contributed by atoms with Crippen molar-refractivity contribution in [1.82, 2.24) is 5.32 Å². The first-order valence-electron chi connectivity index (χ1n) is 33.4. The number of esters is 2. The molecule has 20 heteroatoms. The van der Waals surface area contributed by atoms with Crippen molar-refractivity contribution in [2.45, 2.75) is 333 Å². The monoisotopic (exact) mass is 1240 g/mol. The van der Waals surface area contributed by atoms with E-state index in [-0.39, 0.29) is 50.4 Å². The standard InChI is InChI=1S/C64H119NO17P2/c1-5-9-13-17-21-23-27-30-34-38-50(68)44-58(71)65-64(63(74)82-84(75,76)77)54(52-46-53(61(52)64)55(69)43-49(67)37-33-29-25-19-15-11-7-3)48-78-42-41-57(62(81-83)56(70)47-66)80-60(73)45-51(39-35-31-26-20-16-12-8-4)79-59(72)40-36-32-28-24-22-18-14-10-6-2/h46,49-52,54,56-57,61-63,66-68,70,74H,5-45,47-48,83H2,1-4H3,(H,65,71)(H2,75,76,77)/t49?,50?,51?,52-,54?,56?,57-,61?,62-,63-,64+/m1/s1. The minimum atomic E-state index is -5.44.